The summed E-state index contributed by atoms with van der Waals surface area (Å²) in [5.74, 6) is -1.78. The zero-order valence-corrected chi connectivity index (χ0v) is 20.8. The van der Waals surface area contributed by atoms with Crippen molar-refractivity contribution in [3.63, 3.8) is 0 Å². The molecule has 1 aliphatic heterocycles. The van der Waals surface area contributed by atoms with Crippen LogP contribution in [0.5, 0.6) is 0 Å². The number of anilines is 3. The number of sulfonamides is 1. The molecule has 0 atom stereocenters. The van der Waals surface area contributed by atoms with Crippen LogP contribution in [0.15, 0.2) is 92.9 Å². The van der Waals surface area contributed by atoms with E-state index in [4.69, 9.17) is 16.7 Å². The van der Waals surface area contributed by atoms with E-state index in [0.717, 1.165) is 9.37 Å². The highest BCUT2D eigenvalue weighted by Crippen LogP contribution is 2.31. The largest absolute Gasteiger partial charge is 0.350 e. The van der Waals surface area contributed by atoms with E-state index in [9.17, 15) is 22.8 Å². The number of halogens is 2. The van der Waals surface area contributed by atoms with Gasteiger partial charge in [0.05, 0.1) is 10.6 Å². The van der Waals surface area contributed by atoms with Crippen molar-refractivity contribution in [2.75, 3.05) is 15.5 Å². The molecular weight excluding hydrogens is 560 g/mol. The van der Waals surface area contributed by atoms with Crippen LogP contribution in [-0.2, 0) is 19.6 Å². The van der Waals surface area contributed by atoms with E-state index in [-0.39, 0.29) is 21.2 Å². The molecule has 0 bridgehead atoms. The van der Waals surface area contributed by atoms with Gasteiger partial charge in [-0.1, -0.05) is 33.6 Å². The van der Waals surface area contributed by atoms with Gasteiger partial charge < -0.3 is 10.6 Å². The molecule has 3 amide bonds. The topological polar surface area (TPSA) is 139 Å². The van der Waals surface area contributed by atoms with Crippen LogP contribution in [0.3, 0.4) is 0 Å². The Morgan fingerprint density at radius 1 is 0.914 bits per heavy atom. The molecule has 0 saturated carbocycles. The lowest BCUT2D eigenvalue weighted by Crippen LogP contribution is -2.32. The molecule has 35 heavy (non-hydrogen) atoms. The van der Waals surface area contributed by atoms with Gasteiger partial charge in [-0.2, -0.15) is 0 Å². The fourth-order valence-corrected chi connectivity index (χ4v) is 4.24. The van der Waals surface area contributed by atoms with Crippen molar-refractivity contribution in [3.05, 3.63) is 93.6 Å². The highest BCUT2D eigenvalue weighted by atomic mass is 79.9. The number of carbonyl (C=O) groups is 3. The van der Waals surface area contributed by atoms with Crippen molar-refractivity contribution in [2.24, 2.45) is 5.14 Å². The highest BCUT2D eigenvalue weighted by Gasteiger charge is 2.39. The second-order valence-corrected chi connectivity index (χ2v) is 10.2. The van der Waals surface area contributed by atoms with Gasteiger partial charge in [-0.05, 0) is 66.7 Å². The van der Waals surface area contributed by atoms with Crippen molar-refractivity contribution in [2.45, 2.75) is 4.90 Å². The maximum atomic E-state index is 12.9. The molecule has 0 saturated heterocycles. The number of imide groups is 1. The van der Waals surface area contributed by atoms with Crippen LogP contribution >= 0.6 is 27.5 Å². The van der Waals surface area contributed by atoms with Crippen LogP contribution < -0.4 is 20.7 Å². The Bertz CT molecular complexity index is 1490. The van der Waals surface area contributed by atoms with Gasteiger partial charge >= 0.3 is 0 Å². The van der Waals surface area contributed by atoms with Crippen molar-refractivity contribution >= 4 is 72.3 Å². The summed E-state index contributed by atoms with van der Waals surface area (Å²) < 4.78 is 23.5. The summed E-state index contributed by atoms with van der Waals surface area (Å²) in [5, 5.41) is 10.3. The van der Waals surface area contributed by atoms with E-state index in [1.807, 2.05) is 0 Å². The molecule has 4 rings (SSSR count). The first-order valence-electron chi connectivity index (χ1n) is 9.90. The molecule has 9 nitrogen and oxygen atoms in total. The number of carbonyl (C=O) groups excluding carboxylic acids is 3. The van der Waals surface area contributed by atoms with Gasteiger partial charge in [0.25, 0.3) is 17.7 Å². The molecule has 0 unspecified atom stereocenters. The lowest BCUT2D eigenvalue weighted by Gasteiger charge is -2.15. The molecule has 0 aliphatic carbocycles. The van der Waals surface area contributed by atoms with Crippen LogP contribution in [0.4, 0.5) is 17.1 Å². The van der Waals surface area contributed by atoms with Gasteiger partial charge in [0.15, 0.2) is 0 Å². The summed E-state index contributed by atoms with van der Waals surface area (Å²) >= 11 is 9.47. The van der Waals surface area contributed by atoms with Gasteiger partial charge in [0.2, 0.25) is 10.0 Å². The molecule has 3 aromatic carbocycles. The number of amides is 3. The first-order chi connectivity index (χ1) is 16.5. The number of benzene rings is 3. The number of nitrogens with one attached hydrogen (secondary N) is 2. The van der Waals surface area contributed by atoms with E-state index in [1.165, 1.54) is 30.3 Å². The van der Waals surface area contributed by atoms with E-state index in [1.54, 1.807) is 42.5 Å². The maximum Gasteiger partial charge on any atom is 0.283 e. The molecule has 1 heterocycles. The number of hydrogen-bond acceptors (Lipinski definition) is 6. The number of primary sulfonamides is 1. The monoisotopic (exact) mass is 574 g/mol. The van der Waals surface area contributed by atoms with Gasteiger partial charge in [-0.15, -0.1) is 0 Å². The molecule has 0 radical (unpaired) electrons. The second-order valence-electron chi connectivity index (χ2n) is 7.34. The van der Waals surface area contributed by atoms with Gasteiger partial charge in [-0.3, -0.25) is 14.4 Å². The number of rotatable bonds is 6. The average molecular weight is 576 g/mol. The summed E-state index contributed by atoms with van der Waals surface area (Å²) in [4.78, 5) is 39.1. The molecular formula is C23H16BrClN4O5S. The molecule has 0 spiro atoms. The molecule has 1 aliphatic rings. The highest BCUT2D eigenvalue weighted by molar-refractivity contribution is 9.10. The third-order valence-corrected chi connectivity index (χ3v) is 6.76. The maximum absolute atomic E-state index is 12.9. The molecule has 12 heteroatoms. The minimum atomic E-state index is -3.85. The first kappa shape index (κ1) is 24.6. The lowest BCUT2D eigenvalue weighted by molar-refractivity contribution is -0.120. The van der Waals surface area contributed by atoms with E-state index in [0.29, 0.717) is 17.1 Å². The third-order valence-electron chi connectivity index (χ3n) is 4.95. The van der Waals surface area contributed by atoms with Crippen LogP contribution in [0.2, 0.25) is 0 Å². The zero-order chi connectivity index (χ0) is 25.3. The Morgan fingerprint density at radius 3 is 2.20 bits per heavy atom. The zero-order valence-electron chi connectivity index (χ0n) is 17.7. The van der Waals surface area contributed by atoms with Crippen LogP contribution in [0.1, 0.15) is 10.4 Å². The summed E-state index contributed by atoms with van der Waals surface area (Å²) in [7, 11) is -3.85. The Hall–Kier alpha value is -3.51. The number of nitrogens with zero attached hydrogens (tertiary/aromatic N) is 1. The quantitative estimate of drug-likeness (QED) is 0.382. The smallest absolute Gasteiger partial charge is 0.283 e. The van der Waals surface area contributed by atoms with Crippen molar-refractivity contribution in [1.29, 1.82) is 0 Å². The van der Waals surface area contributed by atoms with Crippen molar-refractivity contribution in [3.8, 4) is 0 Å². The summed E-state index contributed by atoms with van der Waals surface area (Å²) in [5.41, 5.74) is 1.20. The van der Waals surface area contributed by atoms with E-state index in [2.05, 4.69) is 26.6 Å². The molecule has 178 valence electrons. The number of nitrogens with two attached hydrogens (primary N) is 1. The Kier molecular flexibility index (Phi) is 6.77. The van der Waals surface area contributed by atoms with E-state index >= 15 is 0 Å². The minimum Gasteiger partial charge on any atom is -0.350 e. The third kappa shape index (κ3) is 5.28. The van der Waals surface area contributed by atoms with Gasteiger partial charge in [0.1, 0.15) is 10.7 Å². The minimum absolute atomic E-state index is 0.0835. The Morgan fingerprint density at radius 2 is 1.57 bits per heavy atom. The van der Waals surface area contributed by atoms with Crippen LogP contribution in [0.25, 0.3) is 0 Å². The van der Waals surface area contributed by atoms with Gasteiger partial charge in [0, 0.05) is 21.4 Å². The number of hydrogen-bond donors (Lipinski definition) is 3. The van der Waals surface area contributed by atoms with Crippen LogP contribution in [-0.4, -0.2) is 26.1 Å². The summed E-state index contributed by atoms with van der Waals surface area (Å²) in [6.45, 7) is 0. The fraction of sp³-hybridized carbons (Fsp3) is 0. The Balaban J connectivity index is 1.51. The second kappa shape index (κ2) is 9.62. The predicted molar refractivity (Wildman–Crippen MR) is 135 cm³/mol. The van der Waals surface area contributed by atoms with Crippen molar-refractivity contribution in [1.82, 2.24) is 0 Å². The van der Waals surface area contributed by atoms with Gasteiger partial charge in [-0.25, -0.2) is 18.5 Å². The van der Waals surface area contributed by atoms with Crippen molar-refractivity contribution < 1.29 is 22.8 Å². The summed E-state index contributed by atoms with van der Waals surface area (Å²) in [6, 6.07) is 18.2. The lowest BCUT2D eigenvalue weighted by atomic mass is 10.1. The standard InChI is InChI=1S/C23H16BrClN4O5S/c24-14-4-8-17(9-5-14)29-22(31)19(25)20(23(29)32)27-16-3-1-2-13(12-16)21(30)28-15-6-10-18(11-7-15)35(26,33)34/h1-12,27H,(H,28,30)(H2,26,33,34). The fourth-order valence-electron chi connectivity index (χ4n) is 3.25. The summed E-state index contributed by atoms with van der Waals surface area (Å²) in [6.07, 6.45) is 0. The molecule has 4 N–H and O–H groups in total. The average Bonchev–Trinajstić information content (AvgIpc) is 3.03. The van der Waals surface area contributed by atoms with E-state index < -0.39 is 27.7 Å². The molecule has 0 aromatic heterocycles. The predicted octanol–water partition coefficient (Wildman–Crippen LogP) is 3.78. The normalized spacial score (nSPS) is 13.9. The SMILES string of the molecule is NS(=O)(=O)c1ccc(NC(=O)c2cccc(NC3=C(Cl)C(=O)N(c4ccc(Br)cc4)C3=O)c2)cc1. The first-order valence-corrected chi connectivity index (χ1v) is 12.6. The van der Waals surface area contributed by atoms with Crippen LogP contribution in [0, 0.1) is 0 Å². The molecule has 3 aromatic rings. The molecule has 0 fully saturated rings. The Labute approximate surface area is 213 Å².